The fraction of sp³-hybridized carbons (Fsp3) is 0.538. The molecule has 1 saturated heterocycles. The second-order valence-corrected chi connectivity index (χ2v) is 8.01. The van der Waals surface area contributed by atoms with Gasteiger partial charge in [-0.05, 0) is 37.5 Å². The quantitative estimate of drug-likeness (QED) is 0.892. The van der Waals surface area contributed by atoms with Crippen LogP contribution in [-0.2, 0) is 10.0 Å². The number of nitrogens with one attached hydrogen (secondary N) is 1. The number of nitrogens with zero attached hydrogens (tertiary/aromatic N) is 1. The molecule has 2 fully saturated rings. The highest BCUT2D eigenvalue weighted by atomic mass is 79.9. The lowest BCUT2D eigenvalue weighted by molar-refractivity contribution is 0.322. The van der Waals surface area contributed by atoms with Gasteiger partial charge in [0.05, 0.1) is 0 Å². The van der Waals surface area contributed by atoms with Crippen LogP contribution in [0.3, 0.4) is 0 Å². The Kier molecular flexibility index (Phi) is 3.87. The molecule has 0 spiro atoms. The molecule has 1 atom stereocenters. The van der Waals surface area contributed by atoms with Crippen LogP contribution >= 0.6 is 15.9 Å². The molecule has 1 unspecified atom stereocenters. The first-order valence-corrected chi connectivity index (χ1v) is 8.95. The molecule has 20 heavy (non-hydrogen) atoms. The predicted octanol–water partition coefficient (Wildman–Crippen LogP) is 2.10. The third-order valence-corrected chi connectivity index (χ3v) is 5.84. The van der Waals surface area contributed by atoms with Gasteiger partial charge in [-0.15, -0.1) is 0 Å². The third kappa shape index (κ3) is 3.05. The van der Waals surface area contributed by atoms with E-state index in [1.165, 1.54) is 31.0 Å². The van der Waals surface area contributed by atoms with E-state index in [9.17, 15) is 12.8 Å². The Labute approximate surface area is 126 Å². The summed E-state index contributed by atoms with van der Waals surface area (Å²) in [6.45, 7) is 1.64. The van der Waals surface area contributed by atoms with Crippen LogP contribution in [0.5, 0.6) is 0 Å². The molecule has 0 bridgehead atoms. The zero-order chi connectivity index (χ0) is 14.3. The Balaban J connectivity index is 1.72. The monoisotopic (exact) mass is 362 g/mol. The SMILES string of the molecule is O=S(=O)(NC1CCN(C2CC2)C1)c1ccc(Br)cc1F. The van der Waals surface area contributed by atoms with Crippen LogP contribution in [-0.4, -0.2) is 38.5 Å². The van der Waals surface area contributed by atoms with Crippen molar-refractivity contribution in [2.75, 3.05) is 13.1 Å². The zero-order valence-corrected chi connectivity index (χ0v) is 13.3. The van der Waals surface area contributed by atoms with Crippen molar-refractivity contribution in [3.63, 3.8) is 0 Å². The number of rotatable bonds is 4. The summed E-state index contributed by atoms with van der Waals surface area (Å²) in [5.41, 5.74) is 0. The van der Waals surface area contributed by atoms with Gasteiger partial charge in [-0.3, -0.25) is 4.90 Å². The molecule has 0 radical (unpaired) electrons. The van der Waals surface area contributed by atoms with E-state index < -0.39 is 15.8 Å². The van der Waals surface area contributed by atoms with Gasteiger partial charge in [0.2, 0.25) is 10.0 Å². The Morgan fingerprint density at radius 1 is 1.30 bits per heavy atom. The molecule has 1 aliphatic heterocycles. The first kappa shape index (κ1) is 14.4. The van der Waals surface area contributed by atoms with E-state index in [0.29, 0.717) is 10.5 Å². The van der Waals surface area contributed by atoms with Gasteiger partial charge in [0.15, 0.2) is 0 Å². The summed E-state index contributed by atoms with van der Waals surface area (Å²) in [6.07, 6.45) is 3.20. The fourth-order valence-corrected chi connectivity index (χ4v) is 4.29. The van der Waals surface area contributed by atoms with Crippen LogP contribution in [0.2, 0.25) is 0 Å². The highest BCUT2D eigenvalue weighted by Gasteiger charge is 2.36. The van der Waals surface area contributed by atoms with E-state index in [4.69, 9.17) is 0 Å². The number of hydrogen-bond acceptors (Lipinski definition) is 3. The van der Waals surface area contributed by atoms with Gasteiger partial charge >= 0.3 is 0 Å². The molecule has 4 nitrogen and oxygen atoms in total. The van der Waals surface area contributed by atoms with Crippen LogP contribution < -0.4 is 4.72 Å². The lowest BCUT2D eigenvalue weighted by Gasteiger charge is -2.16. The lowest BCUT2D eigenvalue weighted by Crippen LogP contribution is -2.37. The second kappa shape index (κ2) is 5.36. The summed E-state index contributed by atoms with van der Waals surface area (Å²) in [4.78, 5) is 2.02. The minimum Gasteiger partial charge on any atom is -0.299 e. The number of hydrogen-bond donors (Lipinski definition) is 1. The second-order valence-electron chi connectivity index (χ2n) is 5.41. The molecule has 1 aromatic carbocycles. The molecule has 0 amide bonds. The van der Waals surface area contributed by atoms with Crippen LogP contribution in [0.25, 0.3) is 0 Å². The molecular weight excluding hydrogens is 347 g/mol. The van der Waals surface area contributed by atoms with Gasteiger partial charge in [0.25, 0.3) is 0 Å². The van der Waals surface area contributed by atoms with Crippen molar-refractivity contribution in [1.29, 1.82) is 0 Å². The Morgan fingerprint density at radius 2 is 2.05 bits per heavy atom. The highest BCUT2D eigenvalue weighted by Crippen LogP contribution is 2.30. The summed E-state index contributed by atoms with van der Waals surface area (Å²) < 4.78 is 41.4. The van der Waals surface area contributed by atoms with E-state index in [-0.39, 0.29) is 10.9 Å². The number of likely N-dealkylation sites (tertiary alicyclic amines) is 1. The maximum atomic E-state index is 13.8. The minimum atomic E-state index is -3.79. The van der Waals surface area contributed by atoms with Gasteiger partial charge in [-0.25, -0.2) is 17.5 Å². The number of benzene rings is 1. The Bertz CT molecular complexity index is 619. The molecular formula is C13H16BrFN2O2S. The Hall–Kier alpha value is -0.500. The largest absolute Gasteiger partial charge is 0.299 e. The van der Waals surface area contributed by atoms with Crippen LogP contribution in [0.4, 0.5) is 4.39 Å². The van der Waals surface area contributed by atoms with Crippen molar-refractivity contribution in [1.82, 2.24) is 9.62 Å². The molecule has 3 rings (SSSR count). The van der Waals surface area contributed by atoms with Gasteiger partial charge in [-0.2, -0.15) is 0 Å². The Morgan fingerprint density at radius 3 is 2.70 bits per heavy atom. The summed E-state index contributed by atoms with van der Waals surface area (Å²) >= 11 is 3.12. The maximum Gasteiger partial charge on any atom is 0.243 e. The molecule has 0 aromatic heterocycles. The molecule has 2 aliphatic rings. The third-order valence-electron chi connectivity index (χ3n) is 3.79. The van der Waals surface area contributed by atoms with Crippen molar-refractivity contribution in [3.8, 4) is 0 Å². The average Bonchev–Trinajstić information content (AvgIpc) is 3.10. The molecule has 110 valence electrons. The van der Waals surface area contributed by atoms with Crippen molar-refractivity contribution in [3.05, 3.63) is 28.5 Å². The molecule has 1 aliphatic carbocycles. The molecule has 1 saturated carbocycles. The van der Waals surface area contributed by atoms with Crippen molar-refractivity contribution >= 4 is 26.0 Å². The predicted molar refractivity (Wildman–Crippen MR) is 77.4 cm³/mol. The van der Waals surface area contributed by atoms with E-state index in [0.717, 1.165) is 19.5 Å². The van der Waals surface area contributed by atoms with Gasteiger partial charge in [-0.1, -0.05) is 15.9 Å². The zero-order valence-electron chi connectivity index (χ0n) is 10.9. The number of halogens is 2. The standard InChI is InChI=1S/C13H16BrFN2O2S/c14-9-1-4-13(12(15)7-9)20(18,19)16-10-5-6-17(8-10)11-2-3-11/h1,4,7,10-11,16H,2-3,5-6,8H2. The van der Waals surface area contributed by atoms with Crippen molar-refractivity contribution in [2.45, 2.75) is 36.2 Å². The summed E-state index contributed by atoms with van der Waals surface area (Å²) in [5, 5.41) is 0. The molecule has 1 aromatic rings. The maximum absolute atomic E-state index is 13.8. The molecule has 1 N–H and O–H groups in total. The van der Waals surface area contributed by atoms with E-state index in [1.54, 1.807) is 0 Å². The molecule has 1 heterocycles. The fourth-order valence-electron chi connectivity index (χ4n) is 2.63. The number of sulfonamides is 1. The smallest absolute Gasteiger partial charge is 0.243 e. The lowest BCUT2D eigenvalue weighted by atomic mass is 10.3. The van der Waals surface area contributed by atoms with Crippen LogP contribution in [0.1, 0.15) is 19.3 Å². The van der Waals surface area contributed by atoms with Gasteiger partial charge in [0, 0.05) is 29.6 Å². The highest BCUT2D eigenvalue weighted by molar-refractivity contribution is 9.10. The van der Waals surface area contributed by atoms with E-state index >= 15 is 0 Å². The topological polar surface area (TPSA) is 49.4 Å². The summed E-state index contributed by atoms with van der Waals surface area (Å²) in [5.74, 6) is -0.732. The normalized spacial score (nSPS) is 24.2. The van der Waals surface area contributed by atoms with Crippen LogP contribution in [0.15, 0.2) is 27.6 Å². The van der Waals surface area contributed by atoms with Crippen molar-refractivity contribution in [2.24, 2.45) is 0 Å². The first-order valence-electron chi connectivity index (χ1n) is 6.67. The minimum absolute atomic E-state index is 0.122. The molecule has 7 heteroatoms. The van der Waals surface area contributed by atoms with Gasteiger partial charge in [0.1, 0.15) is 10.7 Å². The van der Waals surface area contributed by atoms with E-state index in [1.807, 2.05) is 0 Å². The van der Waals surface area contributed by atoms with Crippen LogP contribution in [0, 0.1) is 5.82 Å². The van der Waals surface area contributed by atoms with Crippen molar-refractivity contribution < 1.29 is 12.8 Å². The summed E-state index contributed by atoms with van der Waals surface area (Å²) in [7, 11) is -3.79. The first-order chi connectivity index (χ1) is 9.45. The summed E-state index contributed by atoms with van der Waals surface area (Å²) in [6, 6.07) is 4.50. The van der Waals surface area contributed by atoms with Gasteiger partial charge < -0.3 is 0 Å². The van der Waals surface area contributed by atoms with E-state index in [2.05, 4.69) is 25.6 Å². The average molecular weight is 363 g/mol.